The van der Waals surface area contributed by atoms with Gasteiger partial charge in [0.2, 0.25) is 11.8 Å². The Morgan fingerprint density at radius 3 is 2.34 bits per heavy atom. The van der Waals surface area contributed by atoms with Gasteiger partial charge in [-0.05, 0) is 38.3 Å². The largest absolute Gasteiger partial charge is 0.355 e. The number of nitrogens with zero attached hydrogens (tertiary/aromatic N) is 3. The van der Waals surface area contributed by atoms with Crippen LogP contribution in [0.25, 0.3) is 0 Å². The fourth-order valence-corrected chi connectivity index (χ4v) is 4.91. The Morgan fingerprint density at radius 1 is 1.00 bits per heavy atom. The van der Waals surface area contributed by atoms with Gasteiger partial charge >= 0.3 is 0 Å². The first-order chi connectivity index (χ1) is 15.5. The minimum atomic E-state index is -0.689. The lowest BCUT2D eigenvalue weighted by molar-refractivity contribution is -0.140. The number of likely N-dealkylation sites (tertiary alicyclic amines) is 1. The number of hydrogen-bond donors (Lipinski definition) is 1. The van der Waals surface area contributed by atoms with E-state index in [0.29, 0.717) is 45.6 Å². The number of piperidine rings is 1. The third-order valence-electron chi connectivity index (χ3n) is 6.73. The Balaban J connectivity index is 1.67. The number of nitrogens with one attached hydrogen (secondary N) is 1. The summed E-state index contributed by atoms with van der Waals surface area (Å²) in [4.78, 5) is 44.2. The van der Waals surface area contributed by atoms with Gasteiger partial charge in [0.1, 0.15) is 12.1 Å². The lowest BCUT2D eigenvalue weighted by Gasteiger charge is -2.43. The molecule has 0 atom stereocenters. The molecule has 2 heterocycles. The number of para-hydroxylation sites is 1. The molecule has 0 radical (unpaired) electrons. The van der Waals surface area contributed by atoms with E-state index in [0.717, 1.165) is 18.5 Å². The molecule has 32 heavy (non-hydrogen) atoms. The van der Waals surface area contributed by atoms with Crippen molar-refractivity contribution in [2.75, 3.05) is 37.7 Å². The molecule has 3 amide bonds. The summed E-state index contributed by atoms with van der Waals surface area (Å²) in [6.07, 6.45) is 7.44. The average molecular weight is 443 g/mol. The van der Waals surface area contributed by atoms with Crippen LogP contribution in [-0.4, -0.2) is 65.9 Å². The van der Waals surface area contributed by atoms with E-state index in [4.69, 9.17) is 0 Å². The van der Waals surface area contributed by atoms with Gasteiger partial charge in [0.15, 0.2) is 0 Å². The highest BCUT2D eigenvalue weighted by Gasteiger charge is 2.54. The second-order valence-corrected chi connectivity index (χ2v) is 8.94. The van der Waals surface area contributed by atoms with Crippen LogP contribution < -0.4 is 10.2 Å². The van der Waals surface area contributed by atoms with E-state index in [1.165, 1.54) is 19.3 Å². The molecule has 2 aliphatic heterocycles. The molecule has 1 N–H and O–H groups in total. The molecule has 1 aromatic rings. The zero-order chi connectivity index (χ0) is 23.0. The second kappa shape index (κ2) is 11.3. The van der Waals surface area contributed by atoms with E-state index < -0.39 is 5.54 Å². The van der Waals surface area contributed by atoms with E-state index in [1.54, 1.807) is 4.90 Å². The standard InChI is InChI=1S/C25H38N4O3/c1-3-5-6-7-11-14-23(31)27-17-15-25(16-18-27)24(32)28(19-22(30)26-4-2)20-29(25)21-12-9-8-10-13-21/h8-10,12-13H,3-7,11,14-20H2,1-2H3,(H,26,30). The molecule has 3 rings (SSSR count). The number of carbonyl (C=O) groups excluding carboxylic acids is 3. The van der Waals surface area contributed by atoms with Gasteiger partial charge in [-0.15, -0.1) is 0 Å². The average Bonchev–Trinajstić information content (AvgIpc) is 3.06. The van der Waals surface area contributed by atoms with Gasteiger partial charge in [-0.1, -0.05) is 50.8 Å². The van der Waals surface area contributed by atoms with Crippen LogP contribution in [0.3, 0.4) is 0 Å². The molecule has 2 aliphatic rings. The number of amides is 3. The molecule has 176 valence electrons. The third-order valence-corrected chi connectivity index (χ3v) is 6.73. The van der Waals surface area contributed by atoms with Crippen LogP contribution >= 0.6 is 0 Å². The van der Waals surface area contributed by atoms with Gasteiger partial charge in [-0.2, -0.15) is 0 Å². The smallest absolute Gasteiger partial charge is 0.250 e. The lowest BCUT2D eigenvalue weighted by atomic mass is 9.85. The van der Waals surface area contributed by atoms with Crippen molar-refractivity contribution in [3.8, 4) is 0 Å². The van der Waals surface area contributed by atoms with Gasteiger partial charge < -0.3 is 20.0 Å². The number of hydrogen-bond acceptors (Lipinski definition) is 4. The summed E-state index contributed by atoms with van der Waals surface area (Å²) >= 11 is 0. The fourth-order valence-electron chi connectivity index (χ4n) is 4.91. The zero-order valence-electron chi connectivity index (χ0n) is 19.6. The van der Waals surface area contributed by atoms with Crippen LogP contribution in [0.15, 0.2) is 30.3 Å². The third kappa shape index (κ3) is 5.43. The molecule has 2 saturated heterocycles. The topological polar surface area (TPSA) is 73.0 Å². The van der Waals surface area contributed by atoms with Gasteiger partial charge in [0.05, 0.1) is 6.67 Å². The maximum Gasteiger partial charge on any atom is 0.250 e. The van der Waals surface area contributed by atoms with E-state index in [9.17, 15) is 14.4 Å². The number of benzene rings is 1. The van der Waals surface area contributed by atoms with E-state index in [-0.39, 0.29) is 24.3 Å². The molecule has 0 unspecified atom stereocenters. The summed E-state index contributed by atoms with van der Waals surface area (Å²) in [5.41, 5.74) is 0.293. The minimum Gasteiger partial charge on any atom is -0.355 e. The Labute approximate surface area is 192 Å². The van der Waals surface area contributed by atoms with Crippen LogP contribution in [0.2, 0.25) is 0 Å². The molecular formula is C25H38N4O3. The first-order valence-corrected chi connectivity index (χ1v) is 12.2. The van der Waals surface area contributed by atoms with Gasteiger partial charge in [0.25, 0.3) is 5.91 Å². The zero-order valence-corrected chi connectivity index (χ0v) is 19.6. The van der Waals surface area contributed by atoms with E-state index in [1.807, 2.05) is 42.2 Å². The molecular weight excluding hydrogens is 404 g/mol. The summed E-state index contributed by atoms with van der Waals surface area (Å²) in [6.45, 7) is 6.23. The van der Waals surface area contributed by atoms with Crippen molar-refractivity contribution in [2.45, 2.75) is 70.8 Å². The molecule has 0 bridgehead atoms. The maximum absolute atomic E-state index is 13.6. The summed E-state index contributed by atoms with van der Waals surface area (Å²) in [7, 11) is 0. The summed E-state index contributed by atoms with van der Waals surface area (Å²) in [5.74, 6) is 0.0631. The molecule has 0 aromatic heterocycles. The highest BCUT2D eigenvalue weighted by Crippen LogP contribution is 2.39. The Kier molecular flexibility index (Phi) is 8.53. The van der Waals surface area contributed by atoms with Crippen LogP contribution in [0.1, 0.15) is 65.2 Å². The molecule has 2 fully saturated rings. The summed E-state index contributed by atoms with van der Waals surface area (Å²) in [5, 5.41) is 2.79. The van der Waals surface area contributed by atoms with Crippen molar-refractivity contribution in [3.05, 3.63) is 30.3 Å². The van der Waals surface area contributed by atoms with Crippen LogP contribution in [0, 0.1) is 0 Å². The van der Waals surface area contributed by atoms with Gasteiger partial charge in [-0.3, -0.25) is 14.4 Å². The first kappa shape index (κ1) is 24.1. The van der Waals surface area contributed by atoms with Crippen molar-refractivity contribution in [1.29, 1.82) is 0 Å². The second-order valence-electron chi connectivity index (χ2n) is 8.94. The highest BCUT2D eigenvalue weighted by molar-refractivity contribution is 5.96. The van der Waals surface area contributed by atoms with Crippen LogP contribution in [0.4, 0.5) is 5.69 Å². The molecule has 0 saturated carbocycles. The predicted octanol–water partition coefficient (Wildman–Crippen LogP) is 3.15. The van der Waals surface area contributed by atoms with E-state index in [2.05, 4.69) is 17.1 Å². The Morgan fingerprint density at radius 2 is 1.69 bits per heavy atom. The Hall–Kier alpha value is -2.57. The minimum absolute atomic E-state index is 0.000675. The molecule has 0 aliphatic carbocycles. The molecule has 1 aromatic carbocycles. The summed E-state index contributed by atoms with van der Waals surface area (Å²) in [6, 6.07) is 9.92. The Bertz CT molecular complexity index is 775. The number of carbonyl (C=O) groups is 3. The monoisotopic (exact) mass is 442 g/mol. The van der Waals surface area contributed by atoms with Crippen LogP contribution in [0.5, 0.6) is 0 Å². The van der Waals surface area contributed by atoms with Crippen molar-refractivity contribution < 1.29 is 14.4 Å². The SMILES string of the molecule is CCCCCCCC(=O)N1CCC2(CC1)C(=O)N(CC(=O)NCC)CN2c1ccccc1. The number of rotatable bonds is 10. The van der Waals surface area contributed by atoms with E-state index >= 15 is 0 Å². The molecule has 1 spiro atoms. The first-order valence-electron chi connectivity index (χ1n) is 12.2. The summed E-state index contributed by atoms with van der Waals surface area (Å²) < 4.78 is 0. The highest BCUT2D eigenvalue weighted by atomic mass is 16.2. The molecule has 7 heteroatoms. The fraction of sp³-hybridized carbons (Fsp3) is 0.640. The molecule has 7 nitrogen and oxygen atoms in total. The van der Waals surface area contributed by atoms with Crippen molar-refractivity contribution in [1.82, 2.24) is 15.1 Å². The maximum atomic E-state index is 13.6. The van der Waals surface area contributed by atoms with Crippen molar-refractivity contribution in [3.63, 3.8) is 0 Å². The number of anilines is 1. The quantitative estimate of drug-likeness (QED) is 0.565. The van der Waals surface area contributed by atoms with Gasteiger partial charge in [0, 0.05) is 31.7 Å². The van der Waals surface area contributed by atoms with Crippen molar-refractivity contribution >= 4 is 23.4 Å². The van der Waals surface area contributed by atoms with Crippen molar-refractivity contribution in [2.24, 2.45) is 0 Å². The normalized spacial score (nSPS) is 17.8. The van der Waals surface area contributed by atoms with Crippen LogP contribution in [-0.2, 0) is 14.4 Å². The lowest BCUT2D eigenvalue weighted by Crippen LogP contribution is -2.57. The predicted molar refractivity (Wildman–Crippen MR) is 126 cm³/mol. The van der Waals surface area contributed by atoms with Gasteiger partial charge in [-0.25, -0.2) is 0 Å². The number of unbranched alkanes of at least 4 members (excludes halogenated alkanes) is 4. The number of likely N-dealkylation sites (N-methyl/N-ethyl adjacent to an activating group) is 1.